The van der Waals surface area contributed by atoms with Crippen LogP contribution in [0.5, 0.6) is 0 Å². The van der Waals surface area contributed by atoms with Gasteiger partial charge in [0.05, 0.1) is 12.2 Å². The van der Waals surface area contributed by atoms with Gasteiger partial charge < -0.3 is 20.5 Å². The fourth-order valence-corrected chi connectivity index (χ4v) is 4.59. The molecule has 4 unspecified atom stereocenters. The molecule has 2 aliphatic rings. The maximum Gasteiger partial charge on any atom is 0.241 e. The Morgan fingerprint density at radius 3 is 2.21 bits per heavy atom. The van der Waals surface area contributed by atoms with Crippen LogP contribution in [-0.4, -0.2) is 43.4 Å². The molecule has 0 aromatic carbocycles. The topological polar surface area (TPSA) is 73.6 Å². The Bertz CT molecular complexity index is 454. The van der Waals surface area contributed by atoms with E-state index in [-0.39, 0.29) is 47.4 Å². The van der Waals surface area contributed by atoms with Gasteiger partial charge in [0.15, 0.2) is 0 Å². The molecule has 0 aromatic heterocycles. The van der Waals surface area contributed by atoms with E-state index in [1.807, 2.05) is 20.8 Å². The molecule has 0 spiro atoms. The summed E-state index contributed by atoms with van der Waals surface area (Å²) >= 11 is 0. The molecular formula is C18H35ClN2O3. The van der Waals surface area contributed by atoms with Gasteiger partial charge in [0.25, 0.3) is 0 Å². The van der Waals surface area contributed by atoms with Crippen LogP contribution in [0.2, 0.25) is 0 Å². The van der Waals surface area contributed by atoms with Gasteiger partial charge in [0, 0.05) is 37.0 Å². The van der Waals surface area contributed by atoms with E-state index in [0.29, 0.717) is 13.0 Å². The van der Waals surface area contributed by atoms with Crippen molar-refractivity contribution in [2.24, 2.45) is 16.6 Å². The van der Waals surface area contributed by atoms with E-state index in [1.54, 1.807) is 7.11 Å². The van der Waals surface area contributed by atoms with Crippen LogP contribution < -0.4 is 11.1 Å². The van der Waals surface area contributed by atoms with Gasteiger partial charge in [0.1, 0.15) is 5.54 Å². The van der Waals surface area contributed by atoms with E-state index < -0.39 is 5.54 Å². The molecule has 6 heteroatoms. The maximum atomic E-state index is 12.9. The number of methoxy groups -OCH3 is 1. The van der Waals surface area contributed by atoms with Crippen molar-refractivity contribution in [3.63, 3.8) is 0 Å². The summed E-state index contributed by atoms with van der Waals surface area (Å²) in [6.45, 7) is 11.0. The fraction of sp³-hybridized carbons (Fsp3) is 0.944. The Morgan fingerprint density at radius 2 is 1.79 bits per heavy atom. The summed E-state index contributed by atoms with van der Waals surface area (Å²) in [7, 11) is 1.76. The number of nitrogens with two attached hydrogens (primary N) is 1. The molecule has 2 rings (SSSR count). The molecule has 4 atom stereocenters. The Labute approximate surface area is 152 Å². The van der Waals surface area contributed by atoms with E-state index in [0.717, 1.165) is 19.3 Å². The monoisotopic (exact) mass is 362 g/mol. The van der Waals surface area contributed by atoms with Crippen molar-refractivity contribution in [1.82, 2.24) is 5.32 Å². The normalized spacial score (nSPS) is 36.0. The lowest BCUT2D eigenvalue weighted by atomic mass is 9.53. The summed E-state index contributed by atoms with van der Waals surface area (Å²) in [5.41, 5.74) is 5.33. The number of carbonyl (C=O) groups is 1. The second-order valence-electron chi connectivity index (χ2n) is 7.77. The molecule has 2 aliphatic carbocycles. The number of amides is 1. The van der Waals surface area contributed by atoms with Gasteiger partial charge in [0.2, 0.25) is 5.91 Å². The van der Waals surface area contributed by atoms with E-state index >= 15 is 0 Å². The minimum absolute atomic E-state index is 0. The number of carbonyl (C=O) groups excluding carboxylic acids is 1. The first kappa shape index (κ1) is 21.7. The number of ether oxygens (including phenoxy) is 2. The minimum Gasteiger partial charge on any atom is -0.381 e. The maximum absolute atomic E-state index is 12.9. The molecule has 3 N–H and O–H groups in total. The summed E-state index contributed by atoms with van der Waals surface area (Å²) in [5, 5.41) is 3.23. The van der Waals surface area contributed by atoms with Crippen molar-refractivity contribution in [3.05, 3.63) is 0 Å². The van der Waals surface area contributed by atoms with Gasteiger partial charge in [-0.25, -0.2) is 0 Å². The Balaban J connectivity index is 0.00000288. The molecule has 0 aromatic rings. The zero-order valence-corrected chi connectivity index (χ0v) is 16.8. The standard InChI is InChI=1S/C18H34N2O3.ClH/c1-7-17(8-2)12(10-13(17)22-6)20-15(21)18(19)11-14(23-9-3)16(18,4)5;/h12-14H,7-11,19H2,1-6H3,(H,20,21);1H. The third-order valence-electron chi connectivity index (χ3n) is 6.93. The third kappa shape index (κ3) is 2.87. The van der Waals surface area contributed by atoms with E-state index in [1.165, 1.54) is 0 Å². The molecule has 0 radical (unpaired) electrons. The first-order valence-corrected chi connectivity index (χ1v) is 8.97. The van der Waals surface area contributed by atoms with Crippen LogP contribution in [-0.2, 0) is 14.3 Å². The van der Waals surface area contributed by atoms with E-state index in [9.17, 15) is 4.79 Å². The quantitative estimate of drug-likeness (QED) is 0.730. The summed E-state index contributed by atoms with van der Waals surface area (Å²) in [6.07, 6.45) is 3.73. The van der Waals surface area contributed by atoms with Gasteiger partial charge in [-0.1, -0.05) is 27.7 Å². The van der Waals surface area contributed by atoms with Crippen LogP contribution in [0.15, 0.2) is 0 Å². The lowest BCUT2D eigenvalue weighted by Gasteiger charge is -2.60. The highest BCUT2D eigenvalue weighted by atomic mass is 35.5. The second-order valence-corrected chi connectivity index (χ2v) is 7.77. The van der Waals surface area contributed by atoms with Crippen molar-refractivity contribution in [3.8, 4) is 0 Å². The highest BCUT2D eigenvalue weighted by Gasteiger charge is 2.64. The molecule has 2 fully saturated rings. The van der Waals surface area contributed by atoms with Crippen LogP contribution in [0.25, 0.3) is 0 Å². The SMILES string of the molecule is CCOC1CC(N)(C(=O)NC2CC(OC)C2(CC)CC)C1(C)C.Cl. The number of hydrogen-bond acceptors (Lipinski definition) is 4. The summed E-state index contributed by atoms with van der Waals surface area (Å²) < 4.78 is 11.3. The molecule has 1 amide bonds. The first-order chi connectivity index (χ1) is 10.7. The van der Waals surface area contributed by atoms with Gasteiger partial charge >= 0.3 is 0 Å². The van der Waals surface area contributed by atoms with Gasteiger partial charge in [-0.2, -0.15) is 0 Å². The Morgan fingerprint density at radius 1 is 1.21 bits per heavy atom. The average Bonchev–Trinajstić information content (AvgIpc) is 2.51. The first-order valence-electron chi connectivity index (χ1n) is 8.97. The molecule has 142 valence electrons. The van der Waals surface area contributed by atoms with E-state index in [4.69, 9.17) is 15.2 Å². The van der Waals surface area contributed by atoms with E-state index in [2.05, 4.69) is 19.2 Å². The van der Waals surface area contributed by atoms with Crippen molar-refractivity contribution >= 4 is 18.3 Å². The van der Waals surface area contributed by atoms with Crippen LogP contribution in [0.3, 0.4) is 0 Å². The third-order valence-corrected chi connectivity index (χ3v) is 6.93. The number of nitrogens with one attached hydrogen (secondary N) is 1. The van der Waals surface area contributed by atoms with Crippen molar-refractivity contribution in [1.29, 1.82) is 0 Å². The predicted octanol–water partition coefficient (Wildman–Crippen LogP) is 2.65. The molecule has 0 aliphatic heterocycles. The van der Waals surface area contributed by atoms with Crippen LogP contribution in [0.1, 0.15) is 60.3 Å². The van der Waals surface area contributed by atoms with Crippen LogP contribution >= 0.6 is 12.4 Å². The Kier molecular flexibility index (Phi) is 6.76. The smallest absolute Gasteiger partial charge is 0.241 e. The van der Waals surface area contributed by atoms with Gasteiger partial charge in [-0.05, 0) is 26.2 Å². The van der Waals surface area contributed by atoms with Crippen molar-refractivity contribution in [2.75, 3.05) is 13.7 Å². The fourth-order valence-electron chi connectivity index (χ4n) is 4.59. The summed E-state index contributed by atoms with van der Waals surface area (Å²) in [4.78, 5) is 12.9. The average molecular weight is 363 g/mol. The molecule has 2 saturated carbocycles. The highest BCUT2D eigenvalue weighted by Crippen LogP contribution is 2.52. The zero-order valence-electron chi connectivity index (χ0n) is 16.0. The van der Waals surface area contributed by atoms with Crippen molar-refractivity contribution < 1.29 is 14.3 Å². The van der Waals surface area contributed by atoms with Crippen LogP contribution in [0.4, 0.5) is 0 Å². The number of halogens is 1. The number of rotatable bonds is 7. The Hall–Kier alpha value is -0.360. The predicted molar refractivity (Wildman–Crippen MR) is 98.3 cm³/mol. The zero-order chi connectivity index (χ0) is 17.5. The second kappa shape index (κ2) is 7.48. The minimum atomic E-state index is -0.849. The number of hydrogen-bond donors (Lipinski definition) is 2. The van der Waals surface area contributed by atoms with Crippen LogP contribution in [0, 0.1) is 10.8 Å². The van der Waals surface area contributed by atoms with Crippen molar-refractivity contribution in [2.45, 2.75) is 84.1 Å². The molecule has 0 saturated heterocycles. The largest absolute Gasteiger partial charge is 0.381 e. The molecular weight excluding hydrogens is 328 g/mol. The highest BCUT2D eigenvalue weighted by molar-refractivity contribution is 5.89. The van der Waals surface area contributed by atoms with Gasteiger partial charge in [-0.15, -0.1) is 12.4 Å². The lowest BCUT2D eigenvalue weighted by molar-refractivity contribution is -0.177. The lowest BCUT2D eigenvalue weighted by Crippen LogP contribution is -2.78. The summed E-state index contributed by atoms with van der Waals surface area (Å²) in [5.74, 6) is -0.0377. The molecule has 0 heterocycles. The molecule has 5 nitrogen and oxygen atoms in total. The molecule has 0 bridgehead atoms. The summed E-state index contributed by atoms with van der Waals surface area (Å²) in [6, 6.07) is 0.150. The van der Waals surface area contributed by atoms with Gasteiger partial charge in [-0.3, -0.25) is 4.79 Å². The molecule has 24 heavy (non-hydrogen) atoms.